The van der Waals surface area contributed by atoms with Crippen molar-refractivity contribution >= 4 is 21.6 Å². The lowest BCUT2D eigenvalue weighted by Crippen LogP contribution is -2.51. The van der Waals surface area contributed by atoms with Crippen LogP contribution in [0.1, 0.15) is 19.4 Å². The molecular formula is C20H24N2O4S. The fourth-order valence-electron chi connectivity index (χ4n) is 3.20. The largest absolute Gasteiger partial charge is 0.497 e. The topological polar surface area (TPSA) is 75.7 Å². The molecule has 0 aromatic heterocycles. The number of anilines is 1. The van der Waals surface area contributed by atoms with Crippen LogP contribution in [0.15, 0.2) is 53.4 Å². The van der Waals surface area contributed by atoms with Crippen molar-refractivity contribution in [2.24, 2.45) is 5.92 Å². The summed E-state index contributed by atoms with van der Waals surface area (Å²) in [4.78, 5) is 14.9. The Morgan fingerprint density at radius 1 is 1.11 bits per heavy atom. The fraction of sp³-hybridized carbons (Fsp3) is 0.350. The number of sulfonamides is 1. The zero-order valence-corrected chi connectivity index (χ0v) is 16.5. The molecule has 0 bridgehead atoms. The van der Waals surface area contributed by atoms with Crippen LogP contribution in [0.25, 0.3) is 0 Å². The lowest BCUT2D eigenvalue weighted by atomic mass is 10.0. The van der Waals surface area contributed by atoms with E-state index >= 15 is 0 Å². The Balaban J connectivity index is 1.84. The number of hydrogen-bond donors (Lipinski definition) is 1. The van der Waals surface area contributed by atoms with Crippen molar-refractivity contribution in [3.05, 3.63) is 54.1 Å². The second-order valence-electron chi connectivity index (χ2n) is 6.89. The highest BCUT2D eigenvalue weighted by Crippen LogP contribution is 2.29. The van der Waals surface area contributed by atoms with Crippen molar-refractivity contribution in [1.82, 2.24) is 4.72 Å². The lowest BCUT2D eigenvalue weighted by molar-refractivity contribution is -0.121. The molecule has 0 fully saturated rings. The highest BCUT2D eigenvalue weighted by molar-refractivity contribution is 7.89. The van der Waals surface area contributed by atoms with Gasteiger partial charge >= 0.3 is 0 Å². The van der Waals surface area contributed by atoms with E-state index in [1.165, 1.54) is 19.2 Å². The van der Waals surface area contributed by atoms with Crippen LogP contribution in [0, 0.1) is 5.92 Å². The van der Waals surface area contributed by atoms with Gasteiger partial charge in [0.05, 0.1) is 12.0 Å². The van der Waals surface area contributed by atoms with Gasteiger partial charge in [-0.15, -0.1) is 0 Å². The first-order valence-electron chi connectivity index (χ1n) is 8.89. The molecule has 0 unspecified atom stereocenters. The van der Waals surface area contributed by atoms with Crippen LogP contribution in [0.3, 0.4) is 0 Å². The SMILES string of the molecule is COc1ccc(S(=O)(=O)N[C@@H](C(=O)N2CCc3ccccc32)C(C)C)cc1. The van der Waals surface area contributed by atoms with Gasteiger partial charge in [0, 0.05) is 12.2 Å². The molecule has 1 heterocycles. The predicted octanol–water partition coefficient (Wildman–Crippen LogP) is 2.59. The first kappa shape index (κ1) is 19.4. The van der Waals surface area contributed by atoms with E-state index < -0.39 is 16.1 Å². The highest BCUT2D eigenvalue weighted by Gasteiger charge is 2.34. The Morgan fingerprint density at radius 3 is 2.41 bits per heavy atom. The second kappa shape index (κ2) is 7.70. The van der Waals surface area contributed by atoms with Gasteiger partial charge in [0.25, 0.3) is 0 Å². The molecule has 1 amide bonds. The van der Waals surface area contributed by atoms with E-state index in [0.717, 1.165) is 17.7 Å². The average Bonchev–Trinajstić information content (AvgIpc) is 3.09. The van der Waals surface area contributed by atoms with E-state index in [1.54, 1.807) is 17.0 Å². The first-order valence-corrected chi connectivity index (χ1v) is 10.4. The summed E-state index contributed by atoms with van der Waals surface area (Å²) in [5.41, 5.74) is 1.96. The van der Waals surface area contributed by atoms with Crippen LogP contribution < -0.4 is 14.4 Å². The van der Waals surface area contributed by atoms with Crippen LogP contribution >= 0.6 is 0 Å². The van der Waals surface area contributed by atoms with E-state index in [2.05, 4.69) is 4.72 Å². The Morgan fingerprint density at radius 2 is 1.78 bits per heavy atom. The van der Waals surface area contributed by atoms with Crippen LogP contribution in [-0.2, 0) is 21.2 Å². The second-order valence-corrected chi connectivity index (χ2v) is 8.60. The van der Waals surface area contributed by atoms with Crippen LogP contribution in [0.5, 0.6) is 5.75 Å². The third kappa shape index (κ3) is 3.99. The zero-order chi connectivity index (χ0) is 19.6. The standard InChI is InChI=1S/C20H24N2O4S/c1-14(2)19(20(23)22-13-12-15-6-4-5-7-18(15)22)21-27(24,25)17-10-8-16(26-3)9-11-17/h4-11,14,19,21H,12-13H2,1-3H3/t19-/m1/s1. The van der Waals surface area contributed by atoms with Crippen LogP contribution in [0.4, 0.5) is 5.69 Å². The molecule has 0 saturated carbocycles. The number of fused-ring (bicyclic) bond motifs is 1. The number of ether oxygens (including phenoxy) is 1. The van der Waals surface area contributed by atoms with Gasteiger partial charge in [0.2, 0.25) is 15.9 Å². The third-order valence-electron chi connectivity index (χ3n) is 4.74. The molecule has 2 aromatic carbocycles. The van der Waals surface area contributed by atoms with E-state index in [-0.39, 0.29) is 16.7 Å². The number of benzene rings is 2. The molecule has 144 valence electrons. The molecule has 1 aliphatic heterocycles. The maximum atomic E-state index is 13.1. The van der Waals surface area contributed by atoms with E-state index in [1.807, 2.05) is 38.1 Å². The number of carbonyl (C=O) groups excluding carboxylic acids is 1. The number of carbonyl (C=O) groups is 1. The number of hydrogen-bond acceptors (Lipinski definition) is 4. The minimum Gasteiger partial charge on any atom is -0.497 e. The monoisotopic (exact) mass is 388 g/mol. The van der Waals surface area contributed by atoms with E-state index in [0.29, 0.717) is 12.3 Å². The molecule has 0 aliphatic carbocycles. The Hall–Kier alpha value is -2.38. The highest BCUT2D eigenvalue weighted by atomic mass is 32.2. The van der Waals surface area contributed by atoms with Gasteiger partial charge in [-0.1, -0.05) is 32.0 Å². The van der Waals surface area contributed by atoms with Gasteiger partial charge < -0.3 is 9.64 Å². The lowest BCUT2D eigenvalue weighted by Gasteiger charge is -2.27. The molecule has 27 heavy (non-hydrogen) atoms. The third-order valence-corrected chi connectivity index (χ3v) is 6.19. The molecule has 1 N–H and O–H groups in total. The molecule has 1 atom stereocenters. The zero-order valence-electron chi connectivity index (χ0n) is 15.7. The van der Waals surface area contributed by atoms with Gasteiger partial charge in [-0.2, -0.15) is 4.72 Å². The number of methoxy groups -OCH3 is 1. The molecule has 2 aromatic rings. The van der Waals surface area contributed by atoms with Gasteiger partial charge in [0.15, 0.2) is 0 Å². The smallest absolute Gasteiger partial charge is 0.245 e. The number of amides is 1. The number of nitrogens with zero attached hydrogens (tertiary/aromatic N) is 1. The summed E-state index contributed by atoms with van der Waals surface area (Å²) in [6.07, 6.45) is 0.776. The van der Waals surface area contributed by atoms with Crippen molar-refractivity contribution in [3.63, 3.8) is 0 Å². The molecule has 7 heteroatoms. The Bertz CT molecular complexity index is 923. The van der Waals surface area contributed by atoms with E-state index in [4.69, 9.17) is 4.74 Å². The predicted molar refractivity (Wildman–Crippen MR) is 104 cm³/mol. The normalized spacial score (nSPS) is 14.9. The van der Waals surface area contributed by atoms with Gasteiger partial charge in [0.1, 0.15) is 11.8 Å². The minimum absolute atomic E-state index is 0.101. The summed E-state index contributed by atoms with van der Waals surface area (Å²) in [6, 6.07) is 13.0. The van der Waals surface area contributed by atoms with Crippen molar-refractivity contribution in [1.29, 1.82) is 0 Å². The van der Waals surface area contributed by atoms with Crippen molar-refractivity contribution < 1.29 is 17.9 Å². The quantitative estimate of drug-likeness (QED) is 0.825. The summed E-state index contributed by atoms with van der Waals surface area (Å²) in [6.45, 7) is 4.23. The molecule has 0 saturated heterocycles. The molecule has 6 nitrogen and oxygen atoms in total. The number of rotatable bonds is 6. The van der Waals surface area contributed by atoms with E-state index in [9.17, 15) is 13.2 Å². The molecule has 3 rings (SSSR count). The average molecular weight is 388 g/mol. The minimum atomic E-state index is -3.83. The maximum Gasteiger partial charge on any atom is 0.245 e. The summed E-state index contributed by atoms with van der Waals surface area (Å²) in [7, 11) is -2.32. The maximum absolute atomic E-state index is 13.1. The fourth-order valence-corrected chi connectivity index (χ4v) is 4.53. The van der Waals surface area contributed by atoms with Gasteiger partial charge in [-0.05, 0) is 48.2 Å². The van der Waals surface area contributed by atoms with Crippen LogP contribution in [0.2, 0.25) is 0 Å². The molecular weight excluding hydrogens is 364 g/mol. The molecule has 1 aliphatic rings. The van der Waals surface area contributed by atoms with Gasteiger partial charge in [-0.3, -0.25) is 4.79 Å². The van der Waals surface area contributed by atoms with Crippen molar-refractivity contribution in [2.45, 2.75) is 31.2 Å². The number of nitrogens with one attached hydrogen (secondary N) is 1. The van der Waals surface area contributed by atoms with Gasteiger partial charge in [-0.25, -0.2) is 8.42 Å². The molecule has 0 radical (unpaired) electrons. The summed E-state index contributed by atoms with van der Waals surface area (Å²) in [5.74, 6) is 0.143. The number of para-hydroxylation sites is 1. The Kier molecular flexibility index (Phi) is 5.53. The van der Waals surface area contributed by atoms with Crippen LogP contribution in [-0.4, -0.2) is 34.0 Å². The first-order chi connectivity index (χ1) is 12.8. The summed E-state index contributed by atoms with van der Waals surface area (Å²) in [5, 5.41) is 0. The molecule has 0 spiro atoms. The van der Waals surface area contributed by atoms with Crippen molar-refractivity contribution in [2.75, 3.05) is 18.6 Å². The van der Waals surface area contributed by atoms with Crippen molar-refractivity contribution in [3.8, 4) is 5.75 Å². The summed E-state index contributed by atoms with van der Waals surface area (Å²) < 4.78 is 33.2. The Labute approximate surface area is 160 Å². The summed E-state index contributed by atoms with van der Waals surface area (Å²) >= 11 is 0.